The molecule has 0 bridgehead atoms. The van der Waals surface area contributed by atoms with Crippen LogP contribution in [0.2, 0.25) is 0 Å². The average Bonchev–Trinajstić information content (AvgIpc) is 3.02. The highest BCUT2D eigenvalue weighted by atomic mass is 35.5. The molecule has 0 saturated carbocycles. The van der Waals surface area contributed by atoms with E-state index in [-0.39, 0.29) is 12.3 Å². The minimum atomic E-state index is -1.62. The molecular weight excluding hydrogens is 364 g/mol. The Bertz CT molecular complexity index is 829. The number of hydrogen-bond acceptors (Lipinski definition) is 5. The minimum absolute atomic E-state index is 0.0966. The quantitative estimate of drug-likeness (QED) is 0.742. The number of halogens is 1. The van der Waals surface area contributed by atoms with Gasteiger partial charge in [-0.3, -0.25) is 0 Å². The molecule has 0 radical (unpaired) electrons. The van der Waals surface area contributed by atoms with Crippen molar-refractivity contribution >= 4 is 34.3 Å². The van der Waals surface area contributed by atoms with Gasteiger partial charge in [-0.1, -0.05) is 18.2 Å². The Balaban J connectivity index is 2.06. The van der Waals surface area contributed by atoms with Crippen molar-refractivity contribution < 1.29 is 34.0 Å². The van der Waals surface area contributed by atoms with E-state index in [1.54, 1.807) is 31.4 Å². The van der Waals surface area contributed by atoms with E-state index in [4.69, 9.17) is 25.8 Å². The van der Waals surface area contributed by atoms with Crippen LogP contribution in [-0.4, -0.2) is 47.3 Å². The summed E-state index contributed by atoms with van der Waals surface area (Å²) in [5.41, 5.74) is 0.505. The van der Waals surface area contributed by atoms with Crippen molar-refractivity contribution in [2.45, 2.75) is 24.4 Å². The molecule has 0 aromatic heterocycles. The molecular formula is C18H17ClO7. The van der Waals surface area contributed by atoms with E-state index in [0.717, 1.165) is 10.8 Å². The number of benzene rings is 2. The molecule has 1 saturated heterocycles. The predicted molar refractivity (Wildman–Crippen MR) is 92.5 cm³/mol. The Labute approximate surface area is 154 Å². The van der Waals surface area contributed by atoms with Gasteiger partial charge in [-0.05, 0) is 29.0 Å². The van der Waals surface area contributed by atoms with Crippen LogP contribution in [0.25, 0.3) is 10.8 Å². The topological polar surface area (TPSA) is 102 Å². The lowest BCUT2D eigenvalue weighted by atomic mass is 9.99. The van der Waals surface area contributed by atoms with Crippen molar-refractivity contribution in [3.63, 3.8) is 0 Å². The fourth-order valence-corrected chi connectivity index (χ4v) is 3.28. The van der Waals surface area contributed by atoms with Gasteiger partial charge in [0, 0.05) is 17.9 Å². The first-order valence-electron chi connectivity index (χ1n) is 7.86. The number of rotatable bonds is 6. The summed E-state index contributed by atoms with van der Waals surface area (Å²) < 4.78 is 16.4. The molecule has 0 aliphatic carbocycles. The van der Waals surface area contributed by atoms with E-state index >= 15 is 0 Å². The first-order valence-corrected chi connectivity index (χ1v) is 8.39. The van der Waals surface area contributed by atoms with Gasteiger partial charge in [0.2, 0.25) is 0 Å². The summed E-state index contributed by atoms with van der Waals surface area (Å²) in [6, 6.07) is 10.8. The molecule has 2 N–H and O–H groups in total. The number of methoxy groups -OCH3 is 1. The molecule has 0 spiro atoms. The number of fused-ring (bicyclic) bond motifs is 1. The minimum Gasteiger partial charge on any atom is -0.497 e. The van der Waals surface area contributed by atoms with E-state index in [1.165, 1.54) is 0 Å². The number of carbonyl (C=O) groups is 2. The van der Waals surface area contributed by atoms with E-state index in [1.807, 2.05) is 12.1 Å². The van der Waals surface area contributed by atoms with Gasteiger partial charge in [0.1, 0.15) is 5.75 Å². The molecule has 1 fully saturated rings. The normalized spacial score (nSPS) is 21.6. The number of hydrogen-bond donors (Lipinski definition) is 2. The van der Waals surface area contributed by atoms with Gasteiger partial charge in [-0.2, -0.15) is 0 Å². The zero-order valence-electron chi connectivity index (χ0n) is 13.8. The first-order chi connectivity index (χ1) is 12.4. The fraction of sp³-hybridized carbons (Fsp3) is 0.333. The molecule has 7 nitrogen and oxygen atoms in total. The highest BCUT2D eigenvalue weighted by Gasteiger charge is 2.54. The van der Waals surface area contributed by atoms with Crippen molar-refractivity contribution in [3.8, 4) is 5.75 Å². The van der Waals surface area contributed by atoms with E-state index in [9.17, 15) is 19.8 Å². The molecule has 2 aromatic carbocycles. The molecule has 138 valence electrons. The first kappa shape index (κ1) is 18.4. The standard InChI is InChI=1S/C18H17ClO7/c1-24-13-5-3-10-8-12(4-2-11(10)9-13)18(6-7-19)25-14(16(20)21)15(26-18)17(22)23/h2-5,8-9,14-15H,6-7H2,1H3,(H,20,21)(H,22,23)/t14-,15-/m1/s1. The number of aliphatic carboxylic acids is 2. The van der Waals surface area contributed by atoms with Gasteiger partial charge in [0.25, 0.3) is 0 Å². The molecule has 2 atom stereocenters. The summed E-state index contributed by atoms with van der Waals surface area (Å²) in [4.78, 5) is 22.8. The molecule has 1 aliphatic rings. The second-order valence-corrected chi connectivity index (χ2v) is 6.25. The third-order valence-electron chi connectivity index (χ3n) is 4.31. The SMILES string of the molecule is COc1ccc2cc(C3(CCCl)O[C@@H](C(=O)O)[C@H](C(=O)O)O3)ccc2c1. The lowest BCUT2D eigenvalue weighted by molar-refractivity contribution is -0.195. The van der Waals surface area contributed by atoms with Gasteiger partial charge in [-0.25, -0.2) is 9.59 Å². The Morgan fingerprint density at radius 3 is 2.19 bits per heavy atom. The second kappa shape index (κ2) is 7.11. The van der Waals surface area contributed by atoms with Crippen LogP contribution in [-0.2, 0) is 24.8 Å². The number of carboxylic acid groups (broad SMARTS) is 2. The summed E-state index contributed by atoms with van der Waals surface area (Å²) >= 11 is 5.86. The van der Waals surface area contributed by atoms with Crippen molar-refractivity contribution in [3.05, 3.63) is 42.0 Å². The maximum absolute atomic E-state index is 11.4. The van der Waals surface area contributed by atoms with Crippen molar-refractivity contribution in [1.82, 2.24) is 0 Å². The monoisotopic (exact) mass is 380 g/mol. The van der Waals surface area contributed by atoms with Crippen LogP contribution in [0, 0.1) is 0 Å². The molecule has 1 heterocycles. The summed E-state index contributed by atoms with van der Waals surface area (Å²) in [6.07, 6.45) is -3.14. The summed E-state index contributed by atoms with van der Waals surface area (Å²) in [6.45, 7) is 0. The van der Waals surface area contributed by atoms with Crippen LogP contribution < -0.4 is 4.74 Å². The Hall–Kier alpha value is -2.35. The molecule has 1 aliphatic heterocycles. The van der Waals surface area contributed by atoms with Crippen LogP contribution in [0.5, 0.6) is 5.75 Å². The zero-order chi connectivity index (χ0) is 18.9. The Kier molecular flexibility index (Phi) is 5.04. The van der Waals surface area contributed by atoms with Crippen molar-refractivity contribution in [1.29, 1.82) is 0 Å². The molecule has 3 rings (SSSR count). The highest BCUT2D eigenvalue weighted by molar-refractivity contribution is 6.17. The van der Waals surface area contributed by atoms with Gasteiger partial charge in [-0.15, -0.1) is 11.6 Å². The van der Waals surface area contributed by atoms with Crippen LogP contribution in [0.3, 0.4) is 0 Å². The maximum atomic E-state index is 11.4. The number of carboxylic acids is 2. The molecule has 26 heavy (non-hydrogen) atoms. The lowest BCUT2D eigenvalue weighted by Gasteiger charge is -2.28. The highest BCUT2D eigenvalue weighted by Crippen LogP contribution is 2.42. The lowest BCUT2D eigenvalue weighted by Crippen LogP contribution is -2.36. The second-order valence-electron chi connectivity index (χ2n) is 5.87. The third kappa shape index (κ3) is 3.21. The zero-order valence-corrected chi connectivity index (χ0v) is 14.6. The van der Waals surface area contributed by atoms with Crippen molar-refractivity contribution in [2.24, 2.45) is 0 Å². The summed E-state index contributed by atoms with van der Waals surface area (Å²) in [5, 5.41) is 20.3. The summed E-state index contributed by atoms with van der Waals surface area (Å²) in [5.74, 6) is -3.55. The van der Waals surface area contributed by atoms with E-state index < -0.39 is 29.9 Å². The van der Waals surface area contributed by atoms with Crippen LogP contribution in [0.15, 0.2) is 36.4 Å². The smallest absolute Gasteiger partial charge is 0.336 e. The van der Waals surface area contributed by atoms with Gasteiger partial charge in [0.05, 0.1) is 7.11 Å². The van der Waals surface area contributed by atoms with E-state index in [2.05, 4.69) is 0 Å². The third-order valence-corrected chi connectivity index (χ3v) is 4.50. The van der Waals surface area contributed by atoms with Crippen LogP contribution in [0.4, 0.5) is 0 Å². The fourth-order valence-electron chi connectivity index (χ4n) is 3.03. The van der Waals surface area contributed by atoms with Crippen LogP contribution >= 0.6 is 11.6 Å². The van der Waals surface area contributed by atoms with Gasteiger partial charge in [0.15, 0.2) is 18.0 Å². The average molecular weight is 381 g/mol. The molecule has 8 heteroatoms. The largest absolute Gasteiger partial charge is 0.497 e. The van der Waals surface area contributed by atoms with Crippen LogP contribution in [0.1, 0.15) is 12.0 Å². The van der Waals surface area contributed by atoms with Crippen molar-refractivity contribution in [2.75, 3.05) is 13.0 Å². The van der Waals surface area contributed by atoms with Gasteiger partial charge >= 0.3 is 11.9 Å². The Morgan fingerprint density at radius 1 is 1.08 bits per heavy atom. The van der Waals surface area contributed by atoms with Gasteiger partial charge < -0.3 is 24.4 Å². The number of alkyl halides is 1. The molecule has 2 aromatic rings. The molecule has 0 unspecified atom stereocenters. The Morgan fingerprint density at radius 2 is 1.65 bits per heavy atom. The maximum Gasteiger partial charge on any atom is 0.336 e. The molecule has 0 amide bonds. The predicted octanol–water partition coefficient (Wildman–Crippen LogP) is 2.58. The number of ether oxygens (including phenoxy) is 3. The summed E-state index contributed by atoms with van der Waals surface area (Å²) in [7, 11) is 1.57. The van der Waals surface area contributed by atoms with E-state index in [0.29, 0.717) is 11.3 Å².